The van der Waals surface area contributed by atoms with Crippen molar-refractivity contribution in [2.24, 2.45) is 5.92 Å². The van der Waals surface area contributed by atoms with E-state index in [0.29, 0.717) is 57.2 Å². The average Bonchev–Trinajstić information content (AvgIpc) is 2.72. The molecule has 0 spiro atoms. The van der Waals surface area contributed by atoms with Gasteiger partial charge in [-0.05, 0) is 43.2 Å². The molecule has 2 amide bonds. The average molecular weight is 412 g/mol. The van der Waals surface area contributed by atoms with Gasteiger partial charge in [0.15, 0.2) is 0 Å². The van der Waals surface area contributed by atoms with Gasteiger partial charge < -0.3 is 15.0 Å². The number of amides is 2. The van der Waals surface area contributed by atoms with Crippen molar-refractivity contribution in [2.75, 3.05) is 32.8 Å². The van der Waals surface area contributed by atoms with Crippen molar-refractivity contribution in [1.29, 1.82) is 0 Å². The van der Waals surface area contributed by atoms with Gasteiger partial charge in [-0.1, -0.05) is 18.2 Å². The minimum Gasteiger partial charge on any atom is -0.381 e. The van der Waals surface area contributed by atoms with Crippen LogP contribution >= 0.6 is 0 Å². The fraction of sp³-hybridized carbons (Fsp3) is 0.619. The van der Waals surface area contributed by atoms with E-state index in [-0.39, 0.29) is 11.8 Å². The molecule has 2 heterocycles. The summed E-state index contributed by atoms with van der Waals surface area (Å²) < 4.78 is 45.1. The predicted molar refractivity (Wildman–Crippen MR) is 101 cm³/mol. The number of likely N-dealkylation sites (tertiary alicyclic amines) is 1. The van der Waals surface area contributed by atoms with Gasteiger partial charge in [-0.15, -0.1) is 0 Å². The van der Waals surface area contributed by atoms with Crippen LogP contribution in [0.3, 0.4) is 0 Å². The van der Waals surface area contributed by atoms with Gasteiger partial charge in [0.05, 0.1) is 11.0 Å². The number of piperidine rings is 1. The topological polar surface area (TPSA) is 58.6 Å². The summed E-state index contributed by atoms with van der Waals surface area (Å²) in [6.07, 6.45) is -2.17. The van der Waals surface area contributed by atoms with Gasteiger partial charge in [0, 0.05) is 39.8 Å². The molecule has 3 rings (SSSR count). The molecule has 0 aromatic heterocycles. The van der Waals surface area contributed by atoms with Gasteiger partial charge >= 0.3 is 6.18 Å². The second-order valence-corrected chi connectivity index (χ2v) is 7.95. The summed E-state index contributed by atoms with van der Waals surface area (Å²) in [7, 11) is 0. The summed E-state index contributed by atoms with van der Waals surface area (Å²) in [6.45, 7) is 3.85. The molecule has 1 aromatic rings. The first-order valence-electron chi connectivity index (χ1n) is 10.0. The second-order valence-electron chi connectivity index (χ2n) is 7.95. The molecule has 29 heavy (non-hydrogen) atoms. The molecule has 160 valence electrons. The maximum atomic E-state index is 13.5. The van der Waals surface area contributed by atoms with Crippen LogP contribution in [0.25, 0.3) is 0 Å². The Hall–Kier alpha value is -2.09. The molecule has 8 heteroatoms. The SMILES string of the molecule is CC(=O)NCC1CCN(C(=O)C2(c3cccc(C(F)(F)F)c3)CCOCC2)CC1. The van der Waals surface area contributed by atoms with Gasteiger partial charge in [-0.25, -0.2) is 0 Å². The van der Waals surface area contributed by atoms with E-state index in [1.807, 2.05) is 0 Å². The molecule has 0 unspecified atom stereocenters. The Morgan fingerprint density at radius 3 is 2.45 bits per heavy atom. The van der Waals surface area contributed by atoms with Crippen LogP contribution in [0, 0.1) is 5.92 Å². The third-order valence-electron chi connectivity index (χ3n) is 6.04. The Bertz CT molecular complexity index is 737. The van der Waals surface area contributed by atoms with Gasteiger partial charge in [0.25, 0.3) is 0 Å². The molecule has 1 aromatic carbocycles. The van der Waals surface area contributed by atoms with Crippen LogP contribution in [0.2, 0.25) is 0 Å². The lowest BCUT2D eigenvalue weighted by atomic mass is 9.72. The van der Waals surface area contributed by atoms with Crippen molar-refractivity contribution < 1.29 is 27.5 Å². The molecule has 1 N–H and O–H groups in total. The molecule has 0 radical (unpaired) electrons. The Morgan fingerprint density at radius 1 is 1.21 bits per heavy atom. The van der Waals surface area contributed by atoms with Gasteiger partial charge in [0.1, 0.15) is 0 Å². The second kappa shape index (κ2) is 8.73. The van der Waals surface area contributed by atoms with E-state index in [1.54, 1.807) is 11.0 Å². The van der Waals surface area contributed by atoms with Crippen LogP contribution in [0.4, 0.5) is 13.2 Å². The van der Waals surface area contributed by atoms with E-state index in [1.165, 1.54) is 13.0 Å². The first kappa shape index (κ1) is 21.6. The summed E-state index contributed by atoms with van der Waals surface area (Å²) >= 11 is 0. The number of carbonyl (C=O) groups excluding carboxylic acids is 2. The molecule has 0 atom stereocenters. The Morgan fingerprint density at radius 2 is 1.86 bits per heavy atom. The van der Waals surface area contributed by atoms with E-state index in [4.69, 9.17) is 4.74 Å². The lowest BCUT2D eigenvalue weighted by Crippen LogP contribution is -2.52. The van der Waals surface area contributed by atoms with E-state index in [9.17, 15) is 22.8 Å². The first-order chi connectivity index (χ1) is 13.7. The van der Waals surface area contributed by atoms with Crippen molar-refractivity contribution in [1.82, 2.24) is 10.2 Å². The highest BCUT2D eigenvalue weighted by Gasteiger charge is 2.45. The summed E-state index contributed by atoms with van der Waals surface area (Å²) in [5.74, 6) is 0.120. The number of rotatable bonds is 4. The summed E-state index contributed by atoms with van der Waals surface area (Å²) in [4.78, 5) is 26.4. The summed E-state index contributed by atoms with van der Waals surface area (Å²) in [5, 5.41) is 2.81. The Kier molecular flexibility index (Phi) is 6.51. The zero-order valence-corrected chi connectivity index (χ0v) is 16.6. The van der Waals surface area contributed by atoms with E-state index < -0.39 is 17.2 Å². The van der Waals surface area contributed by atoms with Crippen molar-refractivity contribution in [3.63, 3.8) is 0 Å². The van der Waals surface area contributed by atoms with Crippen LogP contribution in [-0.2, 0) is 25.9 Å². The highest BCUT2D eigenvalue weighted by Crippen LogP contribution is 2.40. The Labute approximate surface area is 168 Å². The van der Waals surface area contributed by atoms with Crippen molar-refractivity contribution >= 4 is 11.8 Å². The lowest BCUT2D eigenvalue weighted by Gasteiger charge is -2.42. The molecule has 2 aliphatic rings. The smallest absolute Gasteiger partial charge is 0.381 e. The fourth-order valence-electron chi connectivity index (χ4n) is 4.27. The largest absolute Gasteiger partial charge is 0.416 e. The van der Waals surface area contributed by atoms with Crippen molar-refractivity contribution in [2.45, 2.75) is 44.2 Å². The van der Waals surface area contributed by atoms with E-state index in [0.717, 1.165) is 25.0 Å². The molecule has 0 saturated carbocycles. The number of halogens is 3. The molecule has 2 saturated heterocycles. The van der Waals surface area contributed by atoms with Crippen molar-refractivity contribution in [3.05, 3.63) is 35.4 Å². The third-order valence-corrected chi connectivity index (χ3v) is 6.04. The highest BCUT2D eigenvalue weighted by molar-refractivity contribution is 5.88. The van der Waals surface area contributed by atoms with Gasteiger partial charge in [0.2, 0.25) is 11.8 Å². The van der Waals surface area contributed by atoms with Crippen LogP contribution in [0.1, 0.15) is 43.7 Å². The fourth-order valence-corrected chi connectivity index (χ4v) is 4.27. The zero-order chi connectivity index (χ0) is 21.1. The molecule has 2 fully saturated rings. The molecule has 0 aliphatic carbocycles. The van der Waals surface area contributed by atoms with Gasteiger partial charge in [-0.2, -0.15) is 13.2 Å². The quantitative estimate of drug-likeness (QED) is 0.827. The number of hydrogen-bond donors (Lipinski definition) is 1. The van der Waals surface area contributed by atoms with Crippen molar-refractivity contribution in [3.8, 4) is 0 Å². The Balaban J connectivity index is 1.79. The summed E-state index contributed by atoms with van der Waals surface area (Å²) in [5.41, 5.74) is -1.30. The number of hydrogen-bond acceptors (Lipinski definition) is 3. The molecular weight excluding hydrogens is 385 g/mol. The summed E-state index contributed by atoms with van der Waals surface area (Å²) in [6, 6.07) is 5.16. The van der Waals surface area contributed by atoms with Crippen LogP contribution in [0.15, 0.2) is 24.3 Å². The number of nitrogens with one attached hydrogen (secondary N) is 1. The van der Waals surface area contributed by atoms with Crippen LogP contribution < -0.4 is 5.32 Å². The third kappa shape index (κ3) is 4.91. The zero-order valence-electron chi connectivity index (χ0n) is 16.6. The van der Waals surface area contributed by atoms with Crippen LogP contribution in [0.5, 0.6) is 0 Å². The molecular formula is C21H27F3N2O3. The lowest BCUT2D eigenvalue weighted by molar-refractivity contribution is -0.143. The molecule has 2 aliphatic heterocycles. The van der Waals surface area contributed by atoms with E-state index >= 15 is 0 Å². The monoisotopic (exact) mass is 412 g/mol. The van der Waals surface area contributed by atoms with Gasteiger partial charge in [-0.3, -0.25) is 9.59 Å². The maximum Gasteiger partial charge on any atom is 0.416 e. The predicted octanol–water partition coefficient (Wildman–Crippen LogP) is 3.13. The minimum atomic E-state index is -4.45. The molecule has 5 nitrogen and oxygen atoms in total. The standard InChI is InChI=1S/C21H27F3N2O3/c1-15(27)25-14-16-5-9-26(10-6-16)19(28)20(7-11-29-12-8-20)17-3-2-4-18(13-17)21(22,23)24/h2-4,13,16H,5-12,14H2,1H3,(H,25,27). The number of benzene rings is 1. The number of carbonyl (C=O) groups is 2. The number of ether oxygens (including phenoxy) is 1. The first-order valence-corrected chi connectivity index (χ1v) is 10.0. The number of alkyl halides is 3. The number of nitrogens with zero attached hydrogens (tertiary/aromatic N) is 1. The van der Waals surface area contributed by atoms with Crippen LogP contribution in [-0.4, -0.2) is 49.6 Å². The normalized spacial score (nSPS) is 20.3. The maximum absolute atomic E-state index is 13.5. The minimum absolute atomic E-state index is 0.0748. The highest BCUT2D eigenvalue weighted by atomic mass is 19.4. The molecule has 0 bridgehead atoms. The van der Waals surface area contributed by atoms with E-state index in [2.05, 4.69) is 5.32 Å².